The lowest BCUT2D eigenvalue weighted by atomic mass is 10.4. The third kappa shape index (κ3) is 2.31. The van der Waals surface area contributed by atoms with Gasteiger partial charge in [-0.1, -0.05) is 29.3 Å². The van der Waals surface area contributed by atoms with Gasteiger partial charge in [0, 0.05) is 4.90 Å². The van der Waals surface area contributed by atoms with Crippen LogP contribution in [-0.2, 0) is 0 Å². The third-order valence-electron chi connectivity index (χ3n) is 1.20. The van der Waals surface area contributed by atoms with Crippen LogP contribution in [0.2, 0.25) is 10.0 Å². The number of rotatable bonds is 2. The number of nitrogens with zero attached hydrogens (tertiary/aromatic N) is 1. The van der Waals surface area contributed by atoms with E-state index >= 15 is 0 Å². The Morgan fingerprint density at radius 2 is 1.92 bits per heavy atom. The molecular formula is C8H5Cl2NS. The molecule has 0 unspecified atom stereocenters. The summed E-state index contributed by atoms with van der Waals surface area (Å²) in [6, 6.07) is 7.31. The summed E-state index contributed by atoms with van der Waals surface area (Å²) >= 11 is 13.0. The number of hydrogen-bond acceptors (Lipinski definition) is 2. The number of halogens is 2. The molecule has 0 aliphatic rings. The largest absolute Gasteiger partial charge is 0.197 e. The Kier molecular flexibility index (Phi) is 3.74. The lowest BCUT2D eigenvalue weighted by Crippen LogP contribution is -1.78. The molecule has 0 aliphatic carbocycles. The van der Waals surface area contributed by atoms with Crippen LogP contribution in [0.4, 0.5) is 0 Å². The molecule has 1 aromatic carbocycles. The van der Waals surface area contributed by atoms with Crippen molar-refractivity contribution < 1.29 is 0 Å². The molecule has 0 saturated heterocycles. The van der Waals surface area contributed by atoms with Crippen LogP contribution in [0.1, 0.15) is 0 Å². The van der Waals surface area contributed by atoms with Gasteiger partial charge in [-0.2, -0.15) is 5.26 Å². The number of thioether (sulfide) groups is 1. The average molecular weight is 218 g/mol. The number of hydrogen-bond donors (Lipinski definition) is 0. The fraction of sp³-hybridized carbons (Fsp3) is 0.125. The highest BCUT2D eigenvalue weighted by molar-refractivity contribution is 7.99. The van der Waals surface area contributed by atoms with Crippen LogP contribution in [0.3, 0.4) is 0 Å². The molecule has 0 fully saturated rings. The predicted molar refractivity (Wildman–Crippen MR) is 52.8 cm³/mol. The summed E-state index contributed by atoms with van der Waals surface area (Å²) in [7, 11) is 0. The van der Waals surface area contributed by atoms with Gasteiger partial charge in [-0.15, -0.1) is 11.8 Å². The summed E-state index contributed by atoms with van der Waals surface area (Å²) in [6.45, 7) is 0. The first-order valence-corrected chi connectivity index (χ1v) is 4.93. The summed E-state index contributed by atoms with van der Waals surface area (Å²) in [6.07, 6.45) is 0. The van der Waals surface area contributed by atoms with E-state index in [1.54, 1.807) is 18.2 Å². The molecule has 0 saturated carbocycles. The first-order valence-electron chi connectivity index (χ1n) is 3.19. The Morgan fingerprint density at radius 3 is 2.42 bits per heavy atom. The average Bonchev–Trinajstić information content (AvgIpc) is 2.04. The molecule has 12 heavy (non-hydrogen) atoms. The second-order valence-electron chi connectivity index (χ2n) is 2.00. The molecule has 0 aliphatic heterocycles. The minimum atomic E-state index is 0.365. The smallest absolute Gasteiger partial charge is 0.0856 e. The van der Waals surface area contributed by atoms with Gasteiger partial charge in [-0.3, -0.25) is 0 Å². The first kappa shape index (κ1) is 9.73. The molecule has 0 bridgehead atoms. The van der Waals surface area contributed by atoms with Gasteiger partial charge in [-0.05, 0) is 12.1 Å². The number of nitriles is 1. The third-order valence-corrected chi connectivity index (χ3v) is 3.06. The first-order chi connectivity index (χ1) is 5.75. The van der Waals surface area contributed by atoms with Gasteiger partial charge in [0.05, 0.1) is 21.9 Å². The fourth-order valence-corrected chi connectivity index (χ4v) is 2.07. The minimum absolute atomic E-state index is 0.365. The van der Waals surface area contributed by atoms with Crippen molar-refractivity contribution >= 4 is 35.0 Å². The Hall–Kier alpha value is -0.360. The van der Waals surface area contributed by atoms with Gasteiger partial charge in [0.2, 0.25) is 0 Å². The normalized spacial score (nSPS) is 9.42. The van der Waals surface area contributed by atoms with Gasteiger partial charge in [0.15, 0.2) is 0 Å². The van der Waals surface area contributed by atoms with Crippen molar-refractivity contribution in [1.29, 1.82) is 5.26 Å². The molecule has 0 amide bonds. The Morgan fingerprint density at radius 1 is 1.33 bits per heavy atom. The van der Waals surface area contributed by atoms with E-state index in [0.29, 0.717) is 15.8 Å². The zero-order valence-electron chi connectivity index (χ0n) is 6.05. The van der Waals surface area contributed by atoms with Crippen LogP contribution in [0.5, 0.6) is 0 Å². The molecule has 62 valence electrons. The lowest BCUT2D eigenvalue weighted by Gasteiger charge is -2.02. The van der Waals surface area contributed by atoms with Gasteiger partial charge >= 0.3 is 0 Å². The summed E-state index contributed by atoms with van der Waals surface area (Å²) < 4.78 is 0. The maximum atomic E-state index is 8.35. The van der Waals surface area contributed by atoms with E-state index in [1.165, 1.54) is 11.8 Å². The van der Waals surface area contributed by atoms with Crippen LogP contribution in [-0.4, -0.2) is 5.75 Å². The van der Waals surface area contributed by atoms with Crippen LogP contribution < -0.4 is 0 Å². The topological polar surface area (TPSA) is 23.8 Å². The van der Waals surface area contributed by atoms with Crippen molar-refractivity contribution in [2.45, 2.75) is 4.90 Å². The van der Waals surface area contributed by atoms with Gasteiger partial charge in [0.25, 0.3) is 0 Å². The molecule has 0 atom stereocenters. The van der Waals surface area contributed by atoms with Crippen molar-refractivity contribution in [3.05, 3.63) is 28.2 Å². The maximum Gasteiger partial charge on any atom is 0.0856 e. The second-order valence-corrected chi connectivity index (χ2v) is 3.80. The van der Waals surface area contributed by atoms with Gasteiger partial charge in [-0.25, -0.2) is 0 Å². The molecule has 0 radical (unpaired) electrons. The Bertz CT molecular complexity index is 299. The Balaban J connectivity index is 2.90. The molecule has 4 heteroatoms. The molecule has 1 nitrogen and oxygen atoms in total. The van der Waals surface area contributed by atoms with Crippen LogP contribution >= 0.6 is 35.0 Å². The van der Waals surface area contributed by atoms with Gasteiger partial charge < -0.3 is 0 Å². The van der Waals surface area contributed by atoms with Crippen molar-refractivity contribution in [2.75, 3.05) is 5.75 Å². The maximum absolute atomic E-state index is 8.35. The number of benzene rings is 1. The summed E-state index contributed by atoms with van der Waals surface area (Å²) in [5, 5.41) is 9.55. The van der Waals surface area contributed by atoms with E-state index in [9.17, 15) is 0 Å². The SMILES string of the molecule is N#CCSc1c(Cl)cccc1Cl. The molecule has 0 heterocycles. The minimum Gasteiger partial charge on any atom is -0.197 e. The monoisotopic (exact) mass is 217 g/mol. The second kappa shape index (κ2) is 4.61. The van der Waals surface area contributed by atoms with E-state index in [0.717, 1.165) is 4.90 Å². The standard InChI is InChI=1S/C8H5Cl2NS/c9-6-2-1-3-7(10)8(6)12-5-4-11/h1-3H,5H2. The van der Waals surface area contributed by atoms with E-state index < -0.39 is 0 Å². The van der Waals surface area contributed by atoms with Crippen LogP contribution in [0, 0.1) is 11.3 Å². The quantitative estimate of drug-likeness (QED) is 0.708. The lowest BCUT2D eigenvalue weighted by molar-refractivity contribution is 1.44. The van der Waals surface area contributed by atoms with Crippen LogP contribution in [0.25, 0.3) is 0 Å². The molecular weight excluding hydrogens is 213 g/mol. The fourth-order valence-electron chi connectivity index (χ4n) is 0.725. The van der Waals surface area contributed by atoms with Crippen molar-refractivity contribution in [3.63, 3.8) is 0 Å². The highest BCUT2D eigenvalue weighted by atomic mass is 35.5. The van der Waals surface area contributed by atoms with Crippen molar-refractivity contribution in [2.24, 2.45) is 0 Å². The summed E-state index contributed by atoms with van der Waals surface area (Å²) in [5.74, 6) is 0.365. The van der Waals surface area contributed by atoms with E-state index in [4.69, 9.17) is 28.5 Å². The Labute approximate surface area is 85.3 Å². The van der Waals surface area contributed by atoms with E-state index in [2.05, 4.69) is 0 Å². The molecule has 1 aromatic rings. The highest BCUT2D eigenvalue weighted by Crippen LogP contribution is 2.33. The zero-order valence-corrected chi connectivity index (χ0v) is 8.38. The van der Waals surface area contributed by atoms with E-state index in [1.807, 2.05) is 6.07 Å². The zero-order chi connectivity index (χ0) is 8.97. The van der Waals surface area contributed by atoms with E-state index in [-0.39, 0.29) is 0 Å². The van der Waals surface area contributed by atoms with Crippen molar-refractivity contribution in [1.82, 2.24) is 0 Å². The molecule has 0 spiro atoms. The summed E-state index contributed by atoms with van der Waals surface area (Å²) in [4.78, 5) is 0.780. The molecule has 0 N–H and O–H groups in total. The van der Waals surface area contributed by atoms with Crippen molar-refractivity contribution in [3.8, 4) is 6.07 Å². The highest BCUT2D eigenvalue weighted by Gasteiger charge is 2.04. The summed E-state index contributed by atoms with van der Waals surface area (Å²) in [5.41, 5.74) is 0. The molecule has 1 rings (SSSR count). The van der Waals surface area contributed by atoms with Crippen LogP contribution in [0.15, 0.2) is 23.1 Å². The molecule has 0 aromatic heterocycles. The predicted octanol–water partition coefficient (Wildman–Crippen LogP) is 3.61. The van der Waals surface area contributed by atoms with Gasteiger partial charge in [0.1, 0.15) is 0 Å².